The van der Waals surface area contributed by atoms with E-state index in [1.54, 1.807) is 12.1 Å². The van der Waals surface area contributed by atoms with Crippen molar-refractivity contribution in [3.63, 3.8) is 0 Å². The van der Waals surface area contributed by atoms with Crippen LogP contribution >= 0.6 is 0 Å². The minimum Gasteiger partial charge on any atom is -0.497 e. The van der Waals surface area contributed by atoms with Crippen LogP contribution in [0.5, 0.6) is 5.75 Å². The molecular weight excluding hydrogens is 258 g/mol. The molecule has 1 rings (SSSR count). The maximum atomic E-state index is 12.1. The average Bonchev–Trinajstić information content (AvgIpc) is 2.35. The van der Waals surface area contributed by atoms with Gasteiger partial charge in [-0.2, -0.15) is 0 Å². The Bertz CT molecular complexity index is 526. The van der Waals surface area contributed by atoms with E-state index in [2.05, 4.69) is 0 Å². The van der Waals surface area contributed by atoms with E-state index in [9.17, 15) is 13.2 Å². The summed E-state index contributed by atoms with van der Waals surface area (Å²) in [5, 5.41) is 8.54. The van der Waals surface area contributed by atoms with Crippen molar-refractivity contribution < 1.29 is 23.1 Å². The predicted octanol–water partition coefficient (Wildman–Crippen LogP) is 0.790. The van der Waals surface area contributed by atoms with E-state index in [4.69, 9.17) is 9.84 Å². The van der Waals surface area contributed by atoms with Crippen molar-refractivity contribution in [2.45, 2.75) is 11.3 Å². The summed E-state index contributed by atoms with van der Waals surface area (Å²) >= 11 is 0. The minimum absolute atomic E-state index is 0.0745. The smallest absolute Gasteiger partial charge is 0.304 e. The number of carbonyl (C=O) groups is 1. The zero-order chi connectivity index (χ0) is 13.8. The van der Waals surface area contributed by atoms with Gasteiger partial charge in [-0.15, -0.1) is 0 Å². The Labute approximate surface area is 106 Å². The maximum Gasteiger partial charge on any atom is 0.304 e. The van der Waals surface area contributed by atoms with Crippen LogP contribution in [0.25, 0.3) is 0 Å². The third-order valence-electron chi connectivity index (χ3n) is 2.39. The third-order valence-corrected chi connectivity index (χ3v) is 4.24. The molecule has 1 N–H and O–H groups in total. The molecule has 0 amide bonds. The first-order valence-corrected chi connectivity index (χ1v) is 6.64. The fourth-order valence-corrected chi connectivity index (χ4v) is 2.52. The summed E-state index contributed by atoms with van der Waals surface area (Å²) in [5.74, 6) is -0.606. The van der Waals surface area contributed by atoms with E-state index in [1.165, 1.54) is 26.3 Å². The molecule has 0 unspecified atom stereocenters. The fraction of sp³-hybridized carbons (Fsp3) is 0.364. The highest BCUT2D eigenvalue weighted by atomic mass is 32.2. The largest absolute Gasteiger partial charge is 0.497 e. The Morgan fingerprint density at radius 1 is 1.44 bits per heavy atom. The number of hydrogen-bond donors (Lipinski definition) is 1. The molecule has 0 saturated heterocycles. The summed E-state index contributed by atoms with van der Waals surface area (Å²) in [4.78, 5) is 10.5. The Kier molecular flexibility index (Phi) is 4.69. The van der Waals surface area contributed by atoms with Gasteiger partial charge in [0.15, 0.2) is 0 Å². The van der Waals surface area contributed by atoms with Gasteiger partial charge in [0, 0.05) is 19.7 Å². The number of nitrogens with zero attached hydrogens (tertiary/aromatic N) is 1. The standard InChI is InChI=1S/C11H15NO5S/c1-12(7-6-11(13)14)18(15,16)10-5-3-4-9(8-10)17-2/h3-5,8H,6-7H2,1-2H3,(H,13,14). The zero-order valence-electron chi connectivity index (χ0n) is 10.2. The summed E-state index contributed by atoms with van der Waals surface area (Å²) in [6.45, 7) is -0.0745. The summed E-state index contributed by atoms with van der Waals surface area (Å²) in [7, 11) is -0.888. The first-order valence-electron chi connectivity index (χ1n) is 5.20. The van der Waals surface area contributed by atoms with Crippen molar-refractivity contribution in [3.8, 4) is 5.75 Å². The van der Waals surface area contributed by atoms with E-state index in [0.29, 0.717) is 5.75 Å². The van der Waals surface area contributed by atoms with Gasteiger partial charge in [-0.3, -0.25) is 4.79 Å². The van der Waals surface area contributed by atoms with E-state index >= 15 is 0 Å². The lowest BCUT2D eigenvalue weighted by Crippen LogP contribution is -2.29. The number of benzene rings is 1. The highest BCUT2D eigenvalue weighted by Crippen LogP contribution is 2.19. The molecule has 0 aliphatic carbocycles. The Morgan fingerprint density at radius 3 is 2.67 bits per heavy atom. The summed E-state index contributed by atoms with van der Waals surface area (Å²) < 4.78 is 30.1. The molecule has 0 heterocycles. The molecule has 0 aliphatic heterocycles. The molecule has 0 bridgehead atoms. The van der Waals surface area contributed by atoms with Gasteiger partial charge in [-0.25, -0.2) is 12.7 Å². The maximum absolute atomic E-state index is 12.1. The van der Waals surface area contributed by atoms with Crippen molar-refractivity contribution in [1.82, 2.24) is 4.31 Å². The van der Waals surface area contributed by atoms with Crippen LogP contribution in [-0.2, 0) is 14.8 Å². The molecule has 1 aromatic rings. The Morgan fingerprint density at radius 2 is 2.11 bits per heavy atom. The van der Waals surface area contributed by atoms with E-state index in [0.717, 1.165) is 4.31 Å². The number of rotatable bonds is 6. The molecule has 0 saturated carbocycles. The van der Waals surface area contributed by atoms with Gasteiger partial charge >= 0.3 is 5.97 Å². The van der Waals surface area contributed by atoms with Crippen LogP contribution < -0.4 is 4.74 Å². The first kappa shape index (κ1) is 14.5. The molecule has 100 valence electrons. The molecule has 0 aliphatic rings. The molecule has 7 heteroatoms. The molecule has 0 fully saturated rings. The second kappa shape index (κ2) is 5.83. The lowest BCUT2D eigenvalue weighted by molar-refractivity contribution is -0.137. The summed E-state index contributed by atoms with van der Waals surface area (Å²) in [6, 6.07) is 6.04. The van der Waals surface area contributed by atoms with Gasteiger partial charge in [-0.1, -0.05) is 6.07 Å². The van der Waals surface area contributed by atoms with Crippen LogP contribution in [0.3, 0.4) is 0 Å². The molecule has 0 radical (unpaired) electrons. The van der Waals surface area contributed by atoms with Crippen molar-refractivity contribution >= 4 is 16.0 Å². The summed E-state index contributed by atoms with van der Waals surface area (Å²) in [6.07, 6.45) is -0.236. The second-order valence-corrected chi connectivity index (χ2v) is 5.69. The highest BCUT2D eigenvalue weighted by molar-refractivity contribution is 7.89. The van der Waals surface area contributed by atoms with E-state index < -0.39 is 16.0 Å². The van der Waals surface area contributed by atoms with Crippen LogP contribution in [0.1, 0.15) is 6.42 Å². The van der Waals surface area contributed by atoms with Gasteiger partial charge in [0.2, 0.25) is 10.0 Å². The van der Waals surface area contributed by atoms with Crippen LogP contribution in [0.15, 0.2) is 29.2 Å². The van der Waals surface area contributed by atoms with Crippen LogP contribution in [0, 0.1) is 0 Å². The van der Waals surface area contributed by atoms with Crippen molar-refractivity contribution in [2.24, 2.45) is 0 Å². The number of hydrogen-bond acceptors (Lipinski definition) is 4. The van der Waals surface area contributed by atoms with Crippen LogP contribution in [-0.4, -0.2) is 44.5 Å². The number of aliphatic carboxylic acids is 1. The lowest BCUT2D eigenvalue weighted by atomic mass is 10.3. The molecule has 6 nitrogen and oxygen atoms in total. The van der Waals surface area contributed by atoms with Gasteiger partial charge in [0.1, 0.15) is 5.75 Å². The Hall–Kier alpha value is -1.60. The molecule has 1 aromatic carbocycles. The van der Waals surface area contributed by atoms with Gasteiger partial charge in [0.25, 0.3) is 0 Å². The lowest BCUT2D eigenvalue weighted by Gasteiger charge is -2.16. The fourth-order valence-electron chi connectivity index (χ4n) is 1.31. The summed E-state index contributed by atoms with van der Waals surface area (Å²) in [5.41, 5.74) is 0. The topological polar surface area (TPSA) is 83.9 Å². The van der Waals surface area contributed by atoms with Gasteiger partial charge < -0.3 is 9.84 Å². The van der Waals surface area contributed by atoms with E-state index in [-0.39, 0.29) is 17.9 Å². The number of carboxylic acid groups (broad SMARTS) is 1. The molecule has 18 heavy (non-hydrogen) atoms. The first-order chi connectivity index (χ1) is 8.37. The molecule has 0 atom stereocenters. The SMILES string of the molecule is COc1cccc(S(=O)(=O)N(C)CCC(=O)O)c1. The second-order valence-electron chi connectivity index (χ2n) is 3.65. The number of carboxylic acids is 1. The minimum atomic E-state index is -3.68. The number of methoxy groups -OCH3 is 1. The molecule has 0 spiro atoms. The Balaban J connectivity index is 2.94. The van der Waals surface area contributed by atoms with Crippen LogP contribution in [0.2, 0.25) is 0 Å². The molecular formula is C11H15NO5S. The monoisotopic (exact) mass is 273 g/mol. The average molecular weight is 273 g/mol. The van der Waals surface area contributed by atoms with Gasteiger partial charge in [-0.05, 0) is 12.1 Å². The third kappa shape index (κ3) is 3.44. The molecule has 0 aromatic heterocycles. The normalized spacial score (nSPS) is 11.5. The number of sulfonamides is 1. The number of ether oxygens (including phenoxy) is 1. The van der Waals surface area contributed by atoms with Gasteiger partial charge in [0.05, 0.1) is 18.4 Å². The van der Waals surface area contributed by atoms with Crippen molar-refractivity contribution in [3.05, 3.63) is 24.3 Å². The van der Waals surface area contributed by atoms with Crippen LogP contribution in [0.4, 0.5) is 0 Å². The quantitative estimate of drug-likeness (QED) is 0.828. The highest BCUT2D eigenvalue weighted by Gasteiger charge is 2.21. The van der Waals surface area contributed by atoms with Crippen molar-refractivity contribution in [1.29, 1.82) is 0 Å². The zero-order valence-corrected chi connectivity index (χ0v) is 11.0. The predicted molar refractivity (Wildman–Crippen MR) is 65.1 cm³/mol. The van der Waals surface area contributed by atoms with Crippen molar-refractivity contribution in [2.75, 3.05) is 20.7 Å². The van der Waals surface area contributed by atoms with E-state index in [1.807, 2.05) is 0 Å².